The molecule has 5 fully saturated rings. The minimum atomic E-state index is -0.232. The van der Waals surface area contributed by atoms with Gasteiger partial charge in [0.15, 0.2) is 5.79 Å². The van der Waals surface area contributed by atoms with E-state index in [-0.39, 0.29) is 17.3 Å². The van der Waals surface area contributed by atoms with Gasteiger partial charge in [-0.15, -0.1) is 0 Å². The van der Waals surface area contributed by atoms with Gasteiger partial charge in [0.25, 0.3) is 0 Å². The normalized spacial score (nSPS) is 55.9. The van der Waals surface area contributed by atoms with Crippen molar-refractivity contribution in [3.63, 3.8) is 0 Å². The Hall–Kier alpha value is -0.120. The fourth-order valence-electron chi connectivity index (χ4n) is 7.93. The minimum Gasteiger partial charge on any atom is -0.393 e. The van der Waals surface area contributed by atoms with Crippen molar-refractivity contribution in [2.24, 2.45) is 34.5 Å². The fourth-order valence-corrected chi connectivity index (χ4v) is 7.93. The van der Waals surface area contributed by atoms with Crippen LogP contribution in [0.15, 0.2) is 0 Å². The van der Waals surface area contributed by atoms with Gasteiger partial charge in [0.1, 0.15) is 0 Å². The summed E-state index contributed by atoms with van der Waals surface area (Å²) >= 11 is 0. The molecule has 5 aliphatic rings. The number of hydrogen-bond donors (Lipinski definition) is 1. The van der Waals surface area contributed by atoms with Crippen molar-refractivity contribution in [2.75, 3.05) is 13.2 Å². The van der Waals surface area contributed by atoms with Crippen molar-refractivity contribution < 1.29 is 14.6 Å². The van der Waals surface area contributed by atoms with E-state index in [4.69, 9.17) is 9.47 Å². The largest absolute Gasteiger partial charge is 0.393 e. The van der Waals surface area contributed by atoms with Gasteiger partial charge in [-0.05, 0) is 79.4 Å². The molecule has 0 amide bonds. The summed E-state index contributed by atoms with van der Waals surface area (Å²) in [6, 6.07) is 0. The summed E-state index contributed by atoms with van der Waals surface area (Å²) in [6.07, 6.45) is 11.0. The maximum absolute atomic E-state index is 10.6. The van der Waals surface area contributed by atoms with Gasteiger partial charge < -0.3 is 14.6 Å². The topological polar surface area (TPSA) is 38.7 Å². The maximum atomic E-state index is 10.6. The van der Waals surface area contributed by atoms with Crippen LogP contribution in [0.4, 0.5) is 0 Å². The first-order chi connectivity index (χ1) is 11.5. The zero-order chi connectivity index (χ0) is 16.6. The molecule has 3 heteroatoms. The van der Waals surface area contributed by atoms with Crippen LogP contribution in [0.1, 0.15) is 71.6 Å². The van der Waals surface area contributed by atoms with Crippen molar-refractivity contribution in [1.29, 1.82) is 0 Å². The Morgan fingerprint density at radius 3 is 2.33 bits per heavy atom. The quantitative estimate of drug-likeness (QED) is 0.724. The molecule has 5 rings (SSSR count). The first-order valence-corrected chi connectivity index (χ1v) is 10.4. The molecule has 0 aromatic heterocycles. The SMILES string of the molecule is C[C@@]12CC[C@H]3[C@H](CC[C@H]4CC5(CC[C@]43C)OCCO5)[C@H]1CC[C@@H]2O. The standard InChI is InChI=1S/C21H34O3/c1-19-9-10-21(23-11-12-24-21)13-14(19)3-4-15-16-5-6-18(22)20(16,2)8-7-17(15)19/h14-18,22H,3-13H2,1-2H3/t14-,15+,16+,17-,18-,19+,20+/m0/s1. The summed E-state index contributed by atoms with van der Waals surface area (Å²) in [5.41, 5.74) is 0.677. The zero-order valence-electron chi connectivity index (χ0n) is 15.4. The van der Waals surface area contributed by atoms with E-state index >= 15 is 0 Å². The van der Waals surface area contributed by atoms with E-state index in [1.54, 1.807) is 0 Å². The summed E-state index contributed by atoms with van der Waals surface area (Å²) in [7, 11) is 0. The number of rotatable bonds is 0. The van der Waals surface area contributed by atoms with Gasteiger partial charge >= 0.3 is 0 Å². The highest BCUT2D eigenvalue weighted by Gasteiger charge is 2.61. The molecular weight excluding hydrogens is 300 g/mol. The van der Waals surface area contributed by atoms with Crippen molar-refractivity contribution in [1.82, 2.24) is 0 Å². The summed E-state index contributed by atoms with van der Waals surface area (Å²) in [6.45, 7) is 6.54. The highest BCUT2D eigenvalue weighted by molar-refractivity contribution is 5.10. The predicted molar refractivity (Wildman–Crippen MR) is 92.4 cm³/mol. The zero-order valence-corrected chi connectivity index (χ0v) is 15.4. The van der Waals surface area contributed by atoms with Gasteiger partial charge in [-0.3, -0.25) is 0 Å². The average molecular weight is 334 g/mol. The molecule has 4 saturated carbocycles. The summed E-state index contributed by atoms with van der Waals surface area (Å²) in [5.74, 6) is 3.00. The third kappa shape index (κ3) is 2.01. The smallest absolute Gasteiger partial charge is 0.168 e. The number of fused-ring (bicyclic) bond motifs is 5. The van der Waals surface area contributed by atoms with Crippen LogP contribution in [0.3, 0.4) is 0 Å². The fraction of sp³-hybridized carbons (Fsp3) is 1.00. The van der Waals surface area contributed by atoms with Gasteiger partial charge in [-0.25, -0.2) is 0 Å². The summed E-state index contributed by atoms with van der Waals surface area (Å²) < 4.78 is 12.1. The van der Waals surface area contributed by atoms with Gasteiger partial charge in [0, 0.05) is 12.8 Å². The van der Waals surface area contributed by atoms with Crippen LogP contribution in [0, 0.1) is 34.5 Å². The van der Waals surface area contributed by atoms with Crippen molar-refractivity contribution in [3.05, 3.63) is 0 Å². The first-order valence-electron chi connectivity index (χ1n) is 10.4. The lowest BCUT2D eigenvalue weighted by molar-refractivity contribution is -0.230. The molecule has 0 aromatic rings. The van der Waals surface area contributed by atoms with Crippen LogP contribution in [-0.4, -0.2) is 30.2 Å². The second-order valence-electron chi connectivity index (χ2n) is 10.1. The average Bonchev–Trinajstić information content (AvgIpc) is 3.14. The molecule has 0 unspecified atom stereocenters. The van der Waals surface area contributed by atoms with E-state index in [1.165, 1.54) is 38.5 Å². The molecule has 0 aromatic carbocycles. The maximum Gasteiger partial charge on any atom is 0.168 e. The Labute approximate surface area is 146 Å². The van der Waals surface area contributed by atoms with Crippen molar-refractivity contribution in [3.8, 4) is 0 Å². The molecule has 7 atom stereocenters. The third-order valence-corrected chi connectivity index (χ3v) is 9.43. The lowest BCUT2D eigenvalue weighted by Gasteiger charge is -2.61. The Bertz CT molecular complexity index is 513. The number of ether oxygens (including phenoxy) is 2. The monoisotopic (exact) mass is 334 g/mol. The molecular formula is C21H34O3. The molecule has 0 bridgehead atoms. The van der Waals surface area contributed by atoms with Crippen LogP contribution in [0.25, 0.3) is 0 Å². The molecule has 3 nitrogen and oxygen atoms in total. The van der Waals surface area contributed by atoms with Gasteiger partial charge in [-0.2, -0.15) is 0 Å². The Kier molecular flexibility index (Phi) is 3.49. The van der Waals surface area contributed by atoms with Crippen molar-refractivity contribution in [2.45, 2.75) is 83.5 Å². The predicted octanol–water partition coefficient (Wildman–Crippen LogP) is 4.13. The van der Waals surface area contributed by atoms with E-state index in [0.717, 1.165) is 56.1 Å². The minimum absolute atomic E-state index is 0.0520. The number of aliphatic hydroxyl groups is 1. The van der Waals surface area contributed by atoms with Crippen LogP contribution in [0.2, 0.25) is 0 Å². The highest BCUT2D eigenvalue weighted by atomic mass is 16.7. The molecule has 1 N–H and O–H groups in total. The van der Waals surface area contributed by atoms with Gasteiger partial charge in [0.2, 0.25) is 0 Å². The van der Waals surface area contributed by atoms with E-state index in [0.29, 0.717) is 5.41 Å². The Morgan fingerprint density at radius 1 is 0.792 bits per heavy atom. The van der Waals surface area contributed by atoms with E-state index in [9.17, 15) is 5.11 Å². The molecule has 1 saturated heterocycles. The van der Waals surface area contributed by atoms with Crippen LogP contribution in [0.5, 0.6) is 0 Å². The first kappa shape index (κ1) is 16.1. The van der Waals surface area contributed by atoms with E-state index in [1.807, 2.05) is 0 Å². The second kappa shape index (κ2) is 5.20. The second-order valence-corrected chi connectivity index (χ2v) is 10.1. The van der Waals surface area contributed by atoms with Crippen molar-refractivity contribution >= 4 is 0 Å². The van der Waals surface area contributed by atoms with Crippen LogP contribution >= 0.6 is 0 Å². The molecule has 1 spiro atoms. The van der Waals surface area contributed by atoms with E-state index in [2.05, 4.69) is 13.8 Å². The van der Waals surface area contributed by atoms with Crippen LogP contribution < -0.4 is 0 Å². The van der Waals surface area contributed by atoms with Gasteiger partial charge in [0.05, 0.1) is 19.3 Å². The molecule has 136 valence electrons. The number of aliphatic hydroxyl groups excluding tert-OH is 1. The molecule has 4 aliphatic carbocycles. The Balaban J connectivity index is 1.41. The highest BCUT2D eigenvalue weighted by Crippen LogP contribution is 2.67. The van der Waals surface area contributed by atoms with E-state index < -0.39 is 0 Å². The lowest BCUT2D eigenvalue weighted by Crippen LogP contribution is -2.56. The third-order valence-electron chi connectivity index (χ3n) is 9.43. The van der Waals surface area contributed by atoms with Crippen LogP contribution in [-0.2, 0) is 9.47 Å². The molecule has 0 radical (unpaired) electrons. The molecule has 1 heterocycles. The Morgan fingerprint density at radius 2 is 1.54 bits per heavy atom. The summed E-state index contributed by atoms with van der Waals surface area (Å²) in [5, 5.41) is 10.6. The number of hydrogen-bond acceptors (Lipinski definition) is 3. The van der Waals surface area contributed by atoms with Gasteiger partial charge in [-0.1, -0.05) is 13.8 Å². The molecule has 24 heavy (non-hydrogen) atoms. The summed E-state index contributed by atoms with van der Waals surface area (Å²) in [4.78, 5) is 0. The molecule has 1 aliphatic heterocycles. The lowest BCUT2D eigenvalue weighted by atomic mass is 9.45.